The number of hydrogen-bond donors (Lipinski definition) is 2. The summed E-state index contributed by atoms with van der Waals surface area (Å²) in [5.74, 6) is 0. The minimum Gasteiger partial charge on any atom is -0.394 e. The second-order valence-electron chi connectivity index (χ2n) is 6.41. The number of piperazine rings is 1. The number of rotatable bonds is 6. The maximum absolute atomic E-state index is 9.63. The van der Waals surface area contributed by atoms with Crippen LogP contribution in [0.2, 0.25) is 0 Å². The Morgan fingerprint density at radius 2 is 1.72 bits per heavy atom. The van der Waals surface area contributed by atoms with E-state index in [1.54, 1.807) is 0 Å². The maximum atomic E-state index is 9.63. The fourth-order valence-corrected chi connectivity index (χ4v) is 2.91. The zero-order valence-electron chi connectivity index (χ0n) is 12.7. The molecule has 0 aliphatic carbocycles. The number of likely N-dealkylation sites (N-methyl/N-ethyl adjacent to an activating group) is 1. The first-order valence-corrected chi connectivity index (χ1v) is 7.17. The van der Waals surface area contributed by atoms with Gasteiger partial charge in [-0.15, -0.1) is 0 Å². The van der Waals surface area contributed by atoms with E-state index in [4.69, 9.17) is 0 Å². The summed E-state index contributed by atoms with van der Waals surface area (Å²) in [5, 5.41) is 13.1. The lowest BCUT2D eigenvalue weighted by Crippen LogP contribution is -2.55. The van der Waals surface area contributed by atoms with Crippen molar-refractivity contribution in [3.05, 3.63) is 0 Å². The van der Waals surface area contributed by atoms with E-state index in [2.05, 4.69) is 49.9 Å². The first-order chi connectivity index (χ1) is 8.36. The van der Waals surface area contributed by atoms with E-state index in [9.17, 15) is 5.11 Å². The van der Waals surface area contributed by atoms with Crippen molar-refractivity contribution < 1.29 is 5.11 Å². The Bertz CT molecular complexity index is 239. The molecule has 0 radical (unpaired) electrons. The monoisotopic (exact) mass is 257 g/mol. The van der Waals surface area contributed by atoms with Crippen molar-refractivity contribution in [3.63, 3.8) is 0 Å². The van der Waals surface area contributed by atoms with Crippen molar-refractivity contribution in [1.29, 1.82) is 0 Å². The molecule has 0 aromatic carbocycles. The summed E-state index contributed by atoms with van der Waals surface area (Å²) in [7, 11) is 2.18. The van der Waals surface area contributed by atoms with E-state index < -0.39 is 0 Å². The summed E-state index contributed by atoms with van der Waals surface area (Å²) in [4.78, 5) is 4.91. The molecule has 0 aromatic rings. The lowest BCUT2D eigenvalue weighted by Gasteiger charge is -2.41. The number of nitrogens with zero attached hydrogens (tertiary/aromatic N) is 2. The highest BCUT2D eigenvalue weighted by atomic mass is 16.3. The number of aliphatic hydroxyl groups excluding tert-OH is 1. The lowest BCUT2D eigenvalue weighted by atomic mass is 9.92. The second-order valence-corrected chi connectivity index (χ2v) is 6.41. The van der Waals surface area contributed by atoms with Crippen molar-refractivity contribution in [2.45, 2.75) is 51.7 Å². The predicted molar refractivity (Wildman–Crippen MR) is 76.9 cm³/mol. The topological polar surface area (TPSA) is 38.7 Å². The molecule has 2 N–H and O–H groups in total. The SMILES string of the molecule is CC(C)NC(C)(CO)CC(C)N1CCN(C)CC1. The second kappa shape index (κ2) is 6.85. The minimum atomic E-state index is -0.170. The number of nitrogens with one attached hydrogen (secondary N) is 1. The summed E-state index contributed by atoms with van der Waals surface area (Å²) in [6.07, 6.45) is 0.991. The maximum Gasteiger partial charge on any atom is 0.0611 e. The van der Waals surface area contributed by atoms with Gasteiger partial charge in [-0.2, -0.15) is 0 Å². The summed E-state index contributed by atoms with van der Waals surface area (Å²) < 4.78 is 0. The molecule has 0 amide bonds. The Hall–Kier alpha value is -0.160. The predicted octanol–water partition coefficient (Wildman–Crippen LogP) is 0.761. The van der Waals surface area contributed by atoms with Crippen LogP contribution in [0, 0.1) is 0 Å². The minimum absolute atomic E-state index is 0.170. The van der Waals surface area contributed by atoms with Gasteiger partial charge in [-0.05, 0) is 27.3 Å². The number of aliphatic hydroxyl groups is 1. The first-order valence-electron chi connectivity index (χ1n) is 7.17. The van der Waals surface area contributed by atoms with Crippen molar-refractivity contribution in [1.82, 2.24) is 15.1 Å². The average molecular weight is 257 g/mol. The lowest BCUT2D eigenvalue weighted by molar-refractivity contribution is 0.0774. The van der Waals surface area contributed by atoms with Gasteiger partial charge in [-0.25, -0.2) is 0 Å². The van der Waals surface area contributed by atoms with E-state index in [1.807, 2.05) is 0 Å². The summed E-state index contributed by atoms with van der Waals surface area (Å²) in [5.41, 5.74) is -0.170. The van der Waals surface area contributed by atoms with Gasteiger partial charge in [0.1, 0.15) is 0 Å². The highest BCUT2D eigenvalue weighted by molar-refractivity contribution is 4.89. The highest BCUT2D eigenvalue weighted by Gasteiger charge is 2.29. The third kappa shape index (κ3) is 4.84. The molecule has 2 atom stereocenters. The molecular weight excluding hydrogens is 226 g/mol. The van der Waals surface area contributed by atoms with Crippen LogP contribution in [0.5, 0.6) is 0 Å². The Labute approximate surface area is 112 Å². The van der Waals surface area contributed by atoms with Crippen molar-refractivity contribution in [2.75, 3.05) is 39.8 Å². The summed E-state index contributed by atoms with van der Waals surface area (Å²) in [6.45, 7) is 13.4. The van der Waals surface area contributed by atoms with Gasteiger partial charge in [0.25, 0.3) is 0 Å². The Balaban J connectivity index is 2.48. The molecule has 1 fully saturated rings. The quantitative estimate of drug-likeness (QED) is 0.737. The molecule has 1 heterocycles. The fraction of sp³-hybridized carbons (Fsp3) is 1.00. The van der Waals surface area contributed by atoms with Gasteiger partial charge in [-0.3, -0.25) is 4.90 Å². The average Bonchev–Trinajstić information content (AvgIpc) is 2.28. The van der Waals surface area contributed by atoms with E-state index in [1.165, 1.54) is 0 Å². The third-order valence-corrected chi connectivity index (χ3v) is 3.89. The van der Waals surface area contributed by atoms with Gasteiger partial charge in [0.05, 0.1) is 6.61 Å². The molecule has 108 valence electrons. The molecule has 0 spiro atoms. The van der Waals surface area contributed by atoms with Gasteiger partial charge < -0.3 is 15.3 Å². The molecule has 0 bridgehead atoms. The van der Waals surface area contributed by atoms with Crippen LogP contribution in [0.15, 0.2) is 0 Å². The van der Waals surface area contributed by atoms with E-state index in [0.717, 1.165) is 32.6 Å². The normalized spacial score (nSPS) is 24.2. The Morgan fingerprint density at radius 1 is 1.17 bits per heavy atom. The first kappa shape index (κ1) is 15.9. The molecule has 4 nitrogen and oxygen atoms in total. The smallest absolute Gasteiger partial charge is 0.0611 e. The van der Waals surface area contributed by atoms with Crippen LogP contribution in [-0.2, 0) is 0 Å². The van der Waals surface area contributed by atoms with Gasteiger partial charge in [0.15, 0.2) is 0 Å². The van der Waals surface area contributed by atoms with Gasteiger partial charge in [-0.1, -0.05) is 13.8 Å². The van der Waals surface area contributed by atoms with Crippen molar-refractivity contribution in [2.24, 2.45) is 0 Å². The molecule has 0 saturated carbocycles. The zero-order chi connectivity index (χ0) is 13.8. The zero-order valence-corrected chi connectivity index (χ0v) is 12.7. The van der Waals surface area contributed by atoms with E-state index in [0.29, 0.717) is 12.1 Å². The third-order valence-electron chi connectivity index (χ3n) is 3.89. The molecule has 1 rings (SSSR count). The molecular formula is C14H31N3O. The van der Waals surface area contributed by atoms with Gasteiger partial charge in [0.2, 0.25) is 0 Å². The van der Waals surface area contributed by atoms with Gasteiger partial charge >= 0.3 is 0 Å². The molecule has 4 heteroatoms. The van der Waals surface area contributed by atoms with E-state index >= 15 is 0 Å². The highest BCUT2D eigenvalue weighted by Crippen LogP contribution is 2.18. The van der Waals surface area contributed by atoms with Crippen LogP contribution in [-0.4, -0.2) is 72.4 Å². The molecule has 18 heavy (non-hydrogen) atoms. The molecule has 0 aromatic heterocycles. The summed E-state index contributed by atoms with van der Waals surface area (Å²) in [6, 6.07) is 0.920. The molecule has 1 aliphatic rings. The molecule has 1 aliphatic heterocycles. The van der Waals surface area contributed by atoms with E-state index in [-0.39, 0.29) is 12.1 Å². The number of hydrogen-bond acceptors (Lipinski definition) is 4. The largest absolute Gasteiger partial charge is 0.394 e. The van der Waals surface area contributed by atoms with Gasteiger partial charge in [0, 0.05) is 43.8 Å². The van der Waals surface area contributed by atoms with Crippen LogP contribution >= 0.6 is 0 Å². The van der Waals surface area contributed by atoms with Crippen LogP contribution in [0.3, 0.4) is 0 Å². The Kier molecular flexibility index (Phi) is 6.05. The van der Waals surface area contributed by atoms with Crippen LogP contribution in [0.1, 0.15) is 34.1 Å². The summed E-state index contributed by atoms with van der Waals surface area (Å²) >= 11 is 0. The van der Waals surface area contributed by atoms with Crippen LogP contribution in [0.25, 0.3) is 0 Å². The van der Waals surface area contributed by atoms with Crippen LogP contribution < -0.4 is 5.32 Å². The van der Waals surface area contributed by atoms with Crippen molar-refractivity contribution >= 4 is 0 Å². The van der Waals surface area contributed by atoms with Crippen LogP contribution in [0.4, 0.5) is 0 Å². The molecule has 1 saturated heterocycles. The molecule has 2 unspecified atom stereocenters. The fourth-order valence-electron chi connectivity index (χ4n) is 2.91. The Morgan fingerprint density at radius 3 is 2.17 bits per heavy atom. The standard InChI is InChI=1S/C14H31N3O/c1-12(2)15-14(4,11-18)10-13(3)17-8-6-16(5)7-9-17/h12-13,15,18H,6-11H2,1-5H3. The van der Waals surface area contributed by atoms with Crippen molar-refractivity contribution in [3.8, 4) is 0 Å².